The number of likely N-dealkylation sites (tertiary alicyclic amines) is 1. The molecule has 2 aliphatic rings. The van der Waals surface area contributed by atoms with E-state index in [1.807, 2.05) is 11.6 Å². The van der Waals surface area contributed by atoms with Crippen LogP contribution in [0.3, 0.4) is 0 Å². The van der Waals surface area contributed by atoms with Gasteiger partial charge in [-0.3, -0.25) is 4.90 Å². The Balaban J connectivity index is 1.27. The summed E-state index contributed by atoms with van der Waals surface area (Å²) in [6.45, 7) is 9.62. The molecule has 0 amide bonds. The highest BCUT2D eigenvalue weighted by Gasteiger charge is 2.40. The molecule has 4 heterocycles. The molecule has 0 bridgehead atoms. The smallest absolute Gasteiger partial charge is 0.159 e. The van der Waals surface area contributed by atoms with Crippen LogP contribution in [0.5, 0.6) is 0 Å². The van der Waals surface area contributed by atoms with Crippen LogP contribution in [-0.4, -0.2) is 50.8 Å². The molecule has 6 nitrogen and oxygen atoms in total. The number of rotatable bonds is 4. The first-order valence-corrected chi connectivity index (χ1v) is 10.0. The van der Waals surface area contributed by atoms with Crippen molar-refractivity contribution in [3.8, 4) is 5.82 Å². The van der Waals surface area contributed by atoms with E-state index in [-0.39, 0.29) is 0 Å². The number of fused-ring (bicyclic) bond motifs is 1. The minimum atomic E-state index is 0.718. The van der Waals surface area contributed by atoms with Gasteiger partial charge < -0.3 is 4.90 Å². The van der Waals surface area contributed by atoms with Crippen molar-refractivity contribution in [2.24, 2.45) is 11.8 Å². The number of aromatic nitrogens is 4. The molecule has 0 radical (unpaired) electrons. The number of nitrogens with zero attached hydrogens (tertiary/aromatic N) is 6. The van der Waals surface area contributed by atoms with Crippen molar-refractivity contribution in [1.29, 1.82) is 0 Å². The molecule has 1 aromatic carbocycles. The first kappa shape index (κ1) is 17.4. The number of benzene rings is 1. The summed E-state index contributed by atoms with van der Waals surface area (Å²) in [5, 5.41) is 4.56. The second-order valence-electron chi connectivity index (χ2n) is 8.18. The number of hydrogen-bond donors (Lipinski definition) is 0. The lowest BCUT2D eigenvalue weighted by Crippen LogP contribution is -2.29. The Labute approximate surface area is 165 Å². The summed E-state index contributed by atoms with van der Waals surface area (Å²) in [7, 11) is 0. The largest absolute Gasteiger partial charge is 0.356 e. The molecule has 0 saturated carbocycles. The lowest BCUT2D eigenvalue weighted by atomic mass is 10.0. The van der Waals surface area contributed by atoms with Crippen molar-refractivity contribution >= 4 is 5.82 Å². The summed E-state index contributed by atoms with van der Waals surface area (Å²) >= 11 is 0. The molecule has 2 aromatic heterocycles. The molecule has 0 spiro atoms. The molecular formula is C22H26N6. The standard InChI is InChI=1S/C22H26N6/c1-16-8-17(2)28(25-16)22-9-21(23-15-24-22)27-13-19-11-26(12-20(19)14-27)10-18-6-4-3-5-7-18/h3-9,15,19-20H,10-14H2,1-2H3. The molecule has 3 aromatic rings. The van der Waals surface area contributed by atoms with E-state index < -0.39 is 0 Å². The average Bonchev–Trinajstić information content (AvgIpc) is 3.35. The van der Waals surface area contributed by atoms with Gasteiger partial charge in [-0.25, -0.2) is 14.6 Å². The van der Waals surface area contributed by atoms with Gasteiger partial charge in [0, 0.05) is 44.5 Å². The van der Waals surface area contributed by atoms with Crippen LogP contribution in [0.2, 0.25) is 0 Å². The third-order valence-electron chi connectivity index (χ3n) is 6.00. The second kappa shape index (κ2) is 7.02. The third kappa shape index (κ3) is 3.29. The van der Waals surface area contributed by atoms with Crippen molar-refractivity contribution in [3.63, 3.8) is 0 Å². The van der Waals surface area contributed by atoms with E-state index in [1.165, 1.54) is 18.7 Å². The van der Waals surface area contributed by atoms with E-state index in [2.05, 4.69) is 74.3 Å². The second-order valence-corrected chi connectivity index (χ2v) is 8.18. The number of anilines is 1. The Morgan fingerprint density at radius 2 is 1.61 bits per heavy atom. The van der Waals surface area contributed by atoms with Crippen molar-refractivity contribution < 1.29 is 0 Å². The molecule has 6 heteroatoms. The Morgan fingerprint density at radius 3 is 2.29 bits per heavy atom. The van der Waals surface area contributed by atoms with Gasteiger partial charge in [-0.1, -0.05) is 30.3 Å². The fraction of sp³-hybridized carbons (Fsp3) is 0.409. The monoisotopic (exact) mass is 374 g/mol. The van der Waals surface area contributed by atoms with Gasteiger partial charge in [-0.15, -0.1) is 0 Å². The van der Waals surface area contributed by atoms with Crippen LogP contribution in [0.1, 0.15) is 17.0 Å². The van der Waals surface area contributed by atoms with Crippen molar-refractivity contribution in [1.82, 2.24) is 24.6 Å². The van der Waals surface area contributed by atoms with E-state index >= 15 is 0 Å². The zero-order valence-corrected chi connectivity index (χ0v) is 16.5. The highest BCUT2D eigenvalue weighted by atomic mass is 15.3. The molecule has 0 aliphatic carbocycles. The van der Waals surface area contributed by atoms with E-state index in [0.717, 1.165) is 54.5 Å². The molecule has 2 fully saturated rings. The first-order chi connectivity index (χ1) is 13.7. The fourth-order valence-electron chi connectivity index (χ4n) is 4.73. The van der Waals surface area contributed by atoms with Crippen LogP contribution in [0.4, 0.5) is 5.82 Å². The Hall–Kier alpha value is -2.73. The Morgan fingerprint density at radius 1 is 0.893 bits per heavy atom. The molecule has 2 unspecified atom stereocenters. The predicted molar refractivity (Wildman–Crippen MR) is 110 cm³/mol. The number of hydrogen-bond acceptors (Lipinski definition) is 5. The van der Waals surface area contributed by atoms with Gasteiger partial charge in [0.05, 0.1) is 5.69 Å². The van der Waals surface area contributed by atoms with Gasteiger partial charge in [-0.05, 0) is 37.3 Å². The maximum Gasteiger partial charge on any atom is 0.159 e. The summed E-state index contributed by atoms with van der Waals surface area (Å²) in [6, 6.07) is 14.9. The SMILES string of the molecule is Cc1cc(C)n(-c2cc(N3CC4CN(Cc5ccccc5)CC4C3)ncn2)n1. The zero-order valence-electron chi connectivity index (χ0n) is 16.5. The molecule has 5 rings (SSSR count). The minimum Gasteiger partial charge on any atom is -0.356 e. The van der Waals surface area contributed by atoms with Gasteiger partial charge in [0.25, 0.3) is 0 Å². The van der Waals surface area contributed by atoms with Crippen LogP contribution in [0, 0.1) is 25.7 Å². The number of aryl methyl sites for hydroxylation is 2. The van der Waals surface area contributed by atoms with Crippen LogP contribution in [0.15, 0.2) is 48.8 Å². The third-order valence-corrected chi connectivity index (χ3v) is 6.00. The predicted octanol–water partition coefficient (Wildman–Crippen LogP) is 2.85. The van der Waals surface area contributed by atoms with Gasteiger partial charge in [0.1, 0.15) is 12.1 Å². The van der Waals surface area contributed by atoms with Crippen LogP contribution < -0.4 is 4.90 Å². The summed E-state index contributed by atoms with van der Waals surface area (Å²) in [5.74, 6) is 3.30. The molecule has 144 valence electrons. The molecule has 2 saturated heterocycles. The Kier molecular flexibility index (Phi) is 4.36. The van der Waals surface area contributed by atoms with Crippen LogP contribution in [0.25, 0.3) is 5.82 Å². The normalized spacial score (nSPS) is 22.0. The summed E-state index contributed by atoms with van der Waals surface area (Å²) in [5.41, 5.74) is 3.51. The maximum absolute atomic E-state index is 4.56. The van der Waals surface area contributed by atoms with Crippen molar-refractivity contribution in [2.75, 3.05) is 31.1 Å². The van der Waals surface area contributed by atoms with Gasteiger partial charge in [0.2, 0.25) is 0 Å². The van der Waals surface area contributed by atoms with Crippen molar-refractivity contribution in [3.05, 3.63) is 65.7 Å². The first-order valence-electron chi connectivity index (χ1n) is 10.0. The maximum atomic E-state index is 4.56. The summed E-state index contributed by atoms with van der Waals surface area (Å²) in [4.78, 5) is 14.0. The van der Waals surface area contributed by atoms with Gasteiger partial charge >= 0.3 is 0 Å². The van der Waals surface area contributed by atoms with E-state index in [0.29, 0.717) is 0 Å². The molecule has 2 atom stereocenters. The molecule has 0 N–H and O–H groups in total. The highest BCUT2D eigenvalue weighted by Crippen LogP contribution is 2.34. The zero-order chi connectivity index (χ0) is 19.1. The van der Waals surface area contributed by atoms with Crippen molar-refractivity contribution in [2.45, 2.75) is 20.4 Å². The molecular weight excluding hydrogens is 348 g/mol. The van der Waals surface area contributed by atoms with E-state index in [9.17, 15) is 0 Å². The quantitative estimate of drug-likeness (QED) is 0.703. The van der Waals surface area contributed by atoms with Gasteiger partial charge in [0.15, 0.2) is 5.82 Å². The van der Waals surface area contributed by atoms with E-state index in [1.54, 1.807) is 6.33 Å². The lowest BCUT2D eigenvalue weighted by Gasteiger charge is -2.22. The van der Waals surface area contributed by atoms with E-state index in [4.69, 9.17) is 0 Å². The lowest BCUT2D eigenvalue weighted by molar-refractivity contribution is 0.309. The summed E-state index contributed by atoms with van der Waals surface area (Å²) in [6.07, 6.45) is 1.66. The minimum absolute atomic E-state index is 0.718. The van der Waals surface area contributed by atoms with Crippen LogP contribution in [-0.2, 0) is 6.54 Å². The molecule has 2 aliphatic heterocycles. The topological polar surface area (TPSA) is 50.1 Å². The summed E-state index contributed by atoms with van der Waals surface area (Å²) < 4.78 is 1.90. The Bertz CT molecular complexity index is 952. The highest BCUT2D eigenvalue weighted by molar-refractivity contribution is 5.45. The van der Waals surface area contributed by atoms with Crippen LogP contribution >= 0.6 is 0 Å². The molecule has 28 heavy (non-hydrogen) atoms. The fourth-order valence-corrected chi connectivity index (χ4v) is 4.73. The average molecular weight is 374 g/mol. The van der Waals surface area contributed by atoms with Gasteiger partial charge in [-0.2, -0.15) is 5.10 Å².